The van der Waals surface area contributed by atoms with Crippen molar-refractivity contribution in [2.75, 3.05) is 17.2 Å². The van der Waals surface area contributed by atoms with Gasteiger partial charge < -0.3 is 15.7 Å². The Hall–Kier alpha value is -0.560. The first-order valence-corrected chi connectivity index (χ1v) is 4.67. The molecule has 4 nitrogen and oxygen atoms in total. The summed E-state index contributed by atoms with van der Waals surface area (Å²) >= 11 is 2.18. The lowest BCUT2D eigenvalue weighted by Gasteiger charge is -2.23. The molecule has 1 unspecified atom stereocenters. The maximum atomic E-state index is 9.24. The number of aromatic nitrogens is 1. The molecule has 1 aromatic heterocycles. The number of anilines is 2. The van der Waals surface area contributed by atoms with Crippen molar-refractivity contribution >= 4 is 34.1 Å². The molecule has 0 saturated carbocycles. The third-order valence-corrected chi connectivity index (χ3v) is 2.23. The number of pyridine rings is 1. The molecule has 0 spiro atoms. The SMILES string of the molecule is OC1CNc2ncc(I)cc2N1. The van der Waals surface area contributed by atoms with Crippen molar-refractivity contribution in [3.8, 4) is 0 Å². The van der Waals surface area contributed by atoms with Crippen molar-refractivity contribution in [2.24, 2.45) is 0 Å². The summed E-state index contributed by atoms with van der Waals surface area (Å²) in [4.78, 5) is 4.16. The van der Waals surface area contributed by atoms with Crippen molar-refractivity contribution in [1.82, 2.24) is 4.98 Å². The van der Waals surface area contributed by atoms with E-state index in [0.717, 1.165) is 15.1 Å². The lowest BCUT2D eigenvalue weighted by atomic mass is 10.3. The molecule has 2 rings (SSSR count). The lowest BCUT2D eigenvalue weighted by molar-refractivity contribution is 0.214. The fraction of sp³-hybridized carbons (Fsp3) is 0.286. The summed E-state index contributed by atoms with van der Waals surface area (Å²) in [6.07, 6.45) is 1.27. The van der Waals surface area contributed by atoms with E-state index in [4.69, 9.17) is 0 Å². The van der Waals surface area contributed by atoms with Gasteiger partial charge in [-0.05, 0) is 28.7 Å². The summed E-state index contributed by atoms with van der Waals surface area (Å²) in [7, 11) is 0. The normalized spacial score (nSPS) is 20.7. The highest BCUT2D eigenvalue weighted by molar-refractivity contribution is 14.1. The highest BCUT2D eigenvalue weighted by Crippen LogP contribution is 2.24. The minimum Gasteiger partial charge on any atom is -0.372 e. The van der Waals surface area contributed by atoms with Gasteiger partial charge in [-0.25, -0.2) is 4.98 Å². The molecule has 2 heterocycles. The van der Waals surface area contributed by atoms with Gasteiger partial charge in [0.05, 0.1) is 12.2 Å². The Balaban J connectivity index is 2.37. The first kappa shape index (κ1) is 8.06. The molecule has 3 N–H and O–H groups in total. The fourth-order valence-corrected chi connectivity index (χ4v) is 1.56. The van der Waals surface area contributed by atoms with E-state index in [0.29, 0.717) is 6.54 Å². The number of hydrogen-bond acceptors (Lipinski definition) is 4. The summed E-state index contributed by atoms with van der Waals surface area (Å²) in [5.41, 5.74) is 0.862. The summed E-state index contributed by atoms with van der Waals surface area (Å²) in [6.45, 7) is 0.501. The lowest BCUT2D eigenvalue weighted by Crippen LogP contribution is -2.32. The number of halogens is 1. The van der Waals surface area contributed by atoms with Crippen LogP contribution < -0.4 is 10.6 Å². The van der Waals surface area contributed by atoms with Crippen molar-refractivity contribution < 1.29 is 5.11 Å². The number of aliphatic hydroxyl groups is 1. The summed E-state index contributed by atoms with van der Waals surface area (Å²) in [5.74, 6) is 0.806. The molecule has 1 aliphatic heterocycles. The fourth-order valence-electron chi connectivity index (χ4n) is 1.11. The van der Waals surface area contributed by atoms with Crippen LogP contribution in [0.2, 0.25) is 0 Å². The highest BCUT2D eigenvalue weighted by atomic mass is 127. The molecular formula is C7H8IN3O. The second kappa shape index (κ2) is 3.06. The van der Waals surface area contributed by atoms with Crippen LogP contribution in [-0.4, -0.2) is 22.9 Å². The molecule has 0 aromatic carbocycles. The van der Waals surface area contributed by atoms with Crippen LogP contribution in [-0.2, 0) is 0 Å². The molecule has 1 atom stereocenters. The van der Waals surface area contributed by atoms with E-state index in [2.05, 4.69) is 38.2 Å². The minimum atomic E-state index is -0.516. The minimum absolute atomic E-state index is 0.501. The van der Waals surface area contributed by atoms with Crippen LogP contribution in [0.1, 0.15) is 0 Å². The van der Waals surface area contributed by atoms with Crippen LogP contribution in [0.4, 0.5) is 11.5 Å². The van der Waals surface area contributed by atoms with Crippen molar-refractivity contribution in [1.29, 1.82) is 0 Å². The number of nitrogens with one attached hydrogen (secondary N) is 2. The average molecular weight is 277 g/mol. The standard InChI is InChI=1S/C7H8IN3O/c8-4-1-5-7(9-2-4)10-3-6(12)11-5/h1-2,6,11-12H,3H2,(H,9,10). The zero-order valence-electron chi connectivity index (χ0n) is 6.21. The average Bonchev–Trinajstić information content (AvgIpc) is 2.03. The predicted molar refractivity (Wildman–Crippen MR) is 55.1 cm³/mol. The molecule has 0 radical (unpaired) electrons. The Morgan fingerprint density at radius 2 is 2.50 bits per heavy atom. The van der Waals surface area contributed by atoms with Crippen molar-refractivity contribution in [2.45, 2.75) is 6.23 Å². The Kier molecular flexibility index (Phi) is 2.05. The number of rotatable bonds is 0. The zero-order chi connectivity index (χ0) is 8.55. The van der Waals surface area contributed by atoms with Gasteiger partial charge in [0, 0.05) is 9.77 Å². The highest BCUT2D eigenvalue weighted by Gasteiger charge is 2.14. The Bertz CT molecular complexity index is 305. The van der Waals surface area contributed by atoms with Crippen LogP contribution in [0, 0.1) is 3.57 Å². The van der Waals surface area contributed by atoms with Crippen LogP contribution in [0.25, 0.3) is 0 Å². The molecule has 0 amide bonds. The van der Waals surface area contributed by atoms with E-state index in [-0.39, 0.29) is 0 Å². The maximum absolute atomic E-state index is 9.24. The van der Waals surface area contributed by atoms with Crippen molar-refractivity contribution in [3.05, 3.63) is 15.8 Å². The van der Waals surface area contributed by atoms with Crippen LogP contribution in [0.3, 0.4) is 0 Å². The molecule has 64 valence electrons. The number of fused-ring (bicyclic) bond motifs is 1. The second-order valence-corrected chi connectivity index (χ2v) is 3.84. The summed E-state index contributed by atoms with van der Waals surface area (Å²) < 4.78 is 1.05. The first-order chi connectivity index (χ1) is 5.75. The van der Waals surface area contributed by atoms with Gasteiger partial charge in [-0.1, -0.05) is 0 Å². The third kappa shape index (κ3) is 1.46. The zero-order valence-corrected chi connectivity index (χ0v) is 8.37. The van der Waals surface area contributed by atoms with Gasteiger partial charge in [0.1, 0.15) is 12.0 Å². The molecule has 0 aliphatic carbocycles. The van der Waals surface area contributed by atoms with E-state index in [1.165, 1.54) is 0 Å². The largest absolute Gasteiger partial charge is 0.372 e. The van der Waals surface area contributed by atoms with Gasteiger partial charge in [0.2, 0.25) is 0 Å². The molecule has 0 fully saturated rings. The van der Waals surface area contributed by atoms with E-state index in [1.54, 1.807) is 6.20 Å². The number of hydrogen-bond donors (Lipinski definition) is 3. The number of aliphatic hydroxyl groups excluding tert-OH is 1. The third-order valence-electron chi connectivity index (χ3n) is 1.64. The number of β-amino-alcohol motifs (C(OH)–C–C–N with tert-alkyl or cyclic N) is 1. The molecular weight excluding hydrogens is 269 g/mol. The Labute approximate surface area is 83.5 Å². The van der Waals surface area contributed by atoms with Gasteiger partial charge in [-0.3, -0.25) is 0 Å². The van der Waals surface area contributed by atoms with E-state index in [1.807, 2.05) is 6.07 Å². The van der Waals surface area contributed by atoms with Gasteiger partial charge in [-0.2, -0.15) is 0 Å². The Morgan fingerprint density at radius 1 is 1.67 bits per heavy atom. The van der Waals surface area contributed by atoms with Crippen molar-refractivity contribution in [3.63, 3.8) is 0 Å². The van der Waals surface area contributed by atoms with Gasteiger partial charge in [0.25, 0.3) is 0 Å². The van der Waals surface area contributed by atoms with E-state index < -0.39 is 6.23 Å². The van der Waals surface area contributed by atoms with Crippen LogP contribution >= 0.6 is 22.6 Å². The molecule has 12 heavy (non-hydrogen) atoms. The van der Waals surface area contributed by atoms with Crippen LogP contribution in [0.5, 0.6) is 0 Å². The molecule has 0 saturated heterocycles. The summed E-state index contributed by atoms with van der Waals surface area (Å²) in [5, 5.41) is 15.2. The van der Waals surface area contributed by atoms with Crippen LogP contribution in [0.15, 0.2) is 12.3 Å². The van der Waals surface area contributed by atoms with E-state index >= 15 is 0 Å². The van der Waals surface area contributed by atoms with Gasteiger partial charge in [0.15, 0.2) is 0 Å². The molecule has 1 aromatic rings. The maximum Gasteiger partial charge on any atom is 0.149 e. The van der Waals surface area contributed by atoms with E-state index in [9.17, 15) is 5.11 Å². The first-order valence-electron chi connectivity index (χ1n) is 3.60. The molecule has 1 aliphatic rings. The monoisotopic (exact) mass is 277 g/mol. The summed E-state index contributed by atoms with van der Waals surface area (Å²) in [6, 6.07) is 1.94. The Morgan fingerprint density at radius 3 is 3.33 bits per heavy atom. The second-order valence-electron chi connectivity index (χ2n) is 2.59. The number of nitrogens with zero attached hydrogens (tertiary/aromatic N) is 1. The van der Waals surface area contributed by atoms with Gasteiger partial charge in [-0.15, -0.1) is 0 Å². The smallest absolute Gasteiger partial charge is 0.149 e. The quantitative estimate of drug-likeness (QED) is 0.615. The molecule has 0 bridgehead atoms. The topological polar surface area (TPSA) is 57.2 Å². The molecule has 5 heteroatoms. The van der Waals surface area contributed by atoms with Gasteiger partial charge >= 0.3 is 0 Å². The predicted octanol–water partition coefficient (Wildman–Crippen LogP) is 0.842.